The lowest BCUT2D eigenvalue weighted by atomic mass is 10.1. The number of carbonyl (C=O) groups excluding carboxylic acids is 2. The van der Waals surface area contributed by atoms with Crippen molar-refractivity contribution in [2.24, 2.45) is 0 Å². The van der Waals surface area contributed by atoms with Crippen molar-refractivity contribution < 1.29 is 14.3 Å². The van der Waals surface area contributed by atoms with Gasteiger partial charge >= 0.3 is 0 Å². The lowest BCUT2D eigenvalue weighted by Gasteiger charge is -2.06. The van der Waals surface area contributed by atoms with Crippen LogP contribution in [-0.2, 0) is 4.79 Å². The fourth-order valence-electron chi connectivity index (χ4n) is 1.52. The van der Waals surface area contributed by atoms with Crippen LogP contribution in [0.4, 0.5) is 0 Å². The molecule has 0 saturated carbocycles. The highest BCUT2D eigenvalue weighted by Gasteiger charge is 2.10. The highest BCUT2D eigenvalue weighted by molar-refractivity contribution is 6.42. The molecular weight excluding hydrogens is 264 g/mol. The van der Waals surface area contributed by atoms with Gasteiger partial charge in [0.15, 0.2) is 5.78 Å². The molecule has 0 aromatic heterocycles. The van der Waals surface area contributed by atoms with E-state index in [0.29, 0.717) is 22.1 Å². The second-order valence-electron chi connectivity index (χ2n) is 3.97. The summed E-state index contributed by atoms with van der Waals surface area (Å²) >= 11 is 5.77. The number of Topliss-reactive ketones (excluding diaryl/α,β-unsaturated/α-hetero) is 2. The third-order valence-corrected chi connectivity index (χ3v) is 2.74. The number of benzene rings is 2. The molecule has 19 heavy (non-hydrogen) atoms. The zero-order valence-corrected chi connectivity index (χ0v) is 11.0. The van der Waals surface area contributed by atoms with Crippen LogP contribution in [0.5, 0.6) is 11.5 Å². The Hall–Kier alpha value is -2.13. The van der Waals surface area contributed by atoms with E-state index in [9.17, 15) is 9.59 Å². The predicted molar refractivity (Wildman–Crippen MR) is 73.0 cm³/mol. The van der Waals surface area contributed by atoms with Crippen molar-refractivity contribution in [3.8, 4) is 11.5 Å². The monoisotopic (exact) mass is 274 g/mol. The Kier molecular flexibility index (Phi) is 3.97. The topological polar surface area (TPSA) is 43.4 Å². The van der Waals surface area contributed by atoms with Gasteiger partial charge in [-0.2, -0.15) is 0 Å². The maximum atomic E-state index is 11.4. The normalized spacial score (nSPS) is 10.0. The van der Waals surface area contributed by atoms with Gasteiger partial charge in [-0.25, -0.2) is 0 Å². The molecular formula is C15H11ClO3. The SMILES string of the molecule is CC(=O)C(=O)c1ccc(Oc2ccc(Cl)cc2)cc1. The molecule has 0 spiro atoms. The second-order valence-corrected chi connectivity index (χ2v) is 4.40. The maximum Gasteiger partial charge on any atom is 0.228 e. The fraction of sp³-hybridized carbons (Fsp3) is 0.0667. The zero-order chi connectivity index (χ0) is 13.8. The first kappa shape index (κ1) is 13.3. The van der Waals surface area contributed by atoms with E-state index in [1.54, 1.807) is 48.5 Å². The van der Waals surface area contributed by atoms with Crippen molar-refractivity contribution >= 4 is 23.2 Å². The van der Waals surface area contributed by atoms with E-state index in [2.05, 4.69) is 0 Å². The number of carbonyl (C=O) groups is 2. The van der Waals surface area contributed by atoms with Crippen molar-refractivity contribution in [3.05, 3.63) is 59.1 Å². The summed E-state index contributed by atoms with van der Waals surface area (Å²) in [6.07, 6.45) is 0. The van der Waals surface area contributed by atoms with Crippen LogP contribution >= 0.6 is 11.6 Å². The molecule has 2 aromatic carbocycles. The first-order valence-corrected chi connectivity index (χ1v) is 6.03. The molecule has 0 saturated heterocycles. The minimum absolute atomic E-state index is 0.357. The largest absolute Gasteiger partial charge is 0.457 e. The third kappa shape index (κ3) is 3.42. The molecule has 0 N–H and O–H groups in total. The van der Waals surface area contributed by atoms with E-state index in [-0.39, 0.29) is 0 Å². The molecule has 0 aliphatic rings. The molecule has 0 radical (unpaired) electrons. The summed E-state index contributed by atoms with van der Waals surface area (Å²) in [5.41, 5.74) is 0.357. The van der Waals surface area contributed by atoms with Gasteiger partial charge < -0.3 is 4.74 Å². The van der Waals surface area contributed by atoms with Crippen molar-refractivity contribution in [2.75, 3.05) is 0 Å². The van der Waals surface area contributed by atoms with E-state index in [0.717, 1.165) is 0 Å². The molecule has 2 aromatic rings. The molecule has 96 valence electrons. The minimum Gasteiger partial charge on any atom is -0.457 e. The molecule has 0 aliphatic carbocycles. The van der Waals surface area contributed by atoms with Crippen LogP contribution in [-0.4, -0.2) is 11.6 Å². The van der Waals surface area contributed by atoms with Crippen LogP contribution in [0.15, 0.2) is 48.5 Å². The molecule has 2 rings (SSSR count). The van der Waals surface area contributed by atoms with Crippen LogP contribution in [0.2, 0.25) is 5.02 Å². The number of hydrogen-bond acceptors (Lipinski definition) is 3. The van der Waals surface area contributed by atoms with Crippen molar-refractivity contribution in [1.29, 1.82) is 0 Å². The first-order valence-electron chi connectivity index (χ1n) is 5.65. The molecule has 0 amide bonds. The Labute approximate surface area is 115 Å². The number of rotatable bonds is 4. The number of ketones is 2. The molecule has 4 heteroatoms. The van der Waals surface area contributed by atoms with Crippen LogP contribution < -0.4 is 4.74 Å². The van der Waals surface area contributed by atoms with E-state index in [4.69, 9.17) is 16.3 Å². The third-order valence-electron chi connectivity index (χ3n) is 2.49. The van der Waals surface area contributed by atoms with Gasteiger partial charge in [0.2, 0.25) is 5.78 Å². The maximum absolute atomic E-state index is 11.4. The van der Waals surface area contributed by atoms with Gasteiger partial charge in [0.05, 0.1) is 0 Å². The van der Waals surface area contributed by atoms with Crippen LogP contribution in [0.25, 0.3) is 0 Å². The highest BCUT2D eigenvalue weighted by Crippen LogP contribution is 2.23. The molecule has 0 aliphatic heterocycles. The van der Waals surface area contributed by atoms with Crippen LogP contribution in [0, 0.1) is 0 Å². The van der Waals surface area contributed by atoms with Gasteiger partial charge in [0.1, 0.15) is 11.5 Å². The molecule has 0 unspecified atom stereocenters. The Morgan fingerprint density at radius 3 is 1.84 bits per heavy atom. The Balaban J connectivity index is 2.13. The highest BCUT2D eigenvalue weighted by atomic mass is 35.5. The van der Waals surface area contributed by atoms with Gasteiger partial charge in [0, 0.05) is 17.5 Å². The Morgan fingerprint density at radius 2 is 1.37 bits per heavy atom. The van der Waals surface area contributed by atoms with E-state index < -0.39 is 11.6 Å². The molecule has 0 fully saturated rings. The van der Waals surface area contributed by atoms with Gasteiger partial charge in [-0.3, -0.25) is 9.59 Å². The fourth-order valence-corrected chi connectivity index (χ4v) is 1.64. The Bertz CT molecular complexity index is 600. The van der Waals surface area contributed by atoms with Gasteiger partial charge in [-0.05, 0) is 48.5 Å². The molecule has 0 heterocycles. The van der Waals surface area contributed by atoms with E-state index in [1.807, 2.05) is 0 Å². The summed E-state index contributed by atoms with van der Waals surface area (Å²) in [5.74, 6) is 0.252. The Morgan fingerprint density at radius 1 is 0.895 bits per heavy atom. The molecule has 0 atom stereocenters. The van der Waals surface area contributed by atoms with Crippen molar-refractivity contribution in [3.63, 3.8) is 0 Å². The smallest absolute Gasteiger partial charge is 0.228 e. The molecule has 0 bridgehead atoms. The van der Waals surface area contributed by atoms with Gasteiger partial charge in [-0.1, -0.05) is 11.6 Å². The first-order chi connectivity index (χ1) is 9.06. The van der Waals surface area contributed by atoms with E-state index >= 15 is 0 Å². The number of hydrogen-bond donors (Lipinski definition) is 0. The minimum atomic E-state index is -0.502. The zero-order valence-electron chi connectivity index (χ0n) is 10.2. The van der Waals surface area contributed by atoms with Crippen LogP contribution in [0.1, 0.15) is 17.3 Å². The lowest BCUT2D eigenvalue weighted by molar-refractivity contribution is -0.113. The van der Waals surface area contributed by atoms with Gasteiger partial charge in [0.25, 0.3) is 0 Å². The molecule has 3 nitrogen and oxygen atoms in total. The van der Waals surface area contributed by atoms with Crippen molar-refractivity contribution in [1.82, 2.24) is 0 Å². The summed E-state index contributed by atoms with van der Waals surface area (Å²) in [6, 6.07) is 13.4. The summed E-state index contributed by atoms with van der Waals surface area (Å²) < 4.78 is 5.57. The average molecular weight is 275 g/mol. The second kappa shape index (κ2) is 5.67. The van der Waals surface area contributed by atoms with E-state index in [1.165, 1.54) is 6.92 Å². The summed E-state index contributed by atoms with van der Waals surface area (Å²) in [7, 11) is 0. The summed E-state index contributed by atoms with van der Waals surface area (Å²) in [5, 5.41) is 0.634. The standard InChI is InChI=1S/C15H11ClO3/c1-10(17)15(18)11-2-6-13(7-3-11)19-14-8-4-12(16)5-9-14/h2-9H,1H3. The predicted octanol–water partition coefficient (Wildman–Crippen LogP) is 3.90. The summed E-state index contributed by atoms with van der Waals surface area (Å²) in [4.78, 5) is 22.4. The quantitative estimate of drug-likeness (QED) is 0.627. The summed E-state index contributed by atoms with van der Waals surface area (Å²) in [6.45, 7) is 1.25. The number of ether oxygens (including phenoxy) is 1. The number of halogens is 1. The van der Waals surface area contributed by atoms with Gasteiger partial charge in [-0.15, -0.1) is 0 Å². The van der Waals surface area contributed by atoms with Crippen LogP contribution in [0.3, 0.4) is 0 Å². The lowest BCUT2D eigenvalue weighted by Crippen LogP contribution is -2.09. The van der Waals surface area contributed by atoms with Crippen molar-refractivity contribution in [2.45, 2.75) is 6.92 Å². The average Bonchev–Trinajstić information content (AvgIpc) is 2.41.